The molecule has 1 aliphatic heterocycles. The van der Waals surface area contributed by atoms with E-state index < -0.39 is 0 Å². The zero-order valence-electron chi connectivity index (χ0n) is 13.4. The second kappa shape index (κ2) is 7.89. The molecule has 3 rings (SSSR count). The normalized spacial score (nSPS) is 14.8. The number of anilines is 1. The molecule has 0 saturated carbocycles. The highest BCUT2D eigenvalue weighted by atomic mass is 32.1. The number of urea groups is 1. The number of thiazole rings is 1. The number of nitrogens with one attached hydrogen (secondary N) is 1. The third kappa shape index (κ3) is 4.63. The lowest BCUT2D eigenvalue weighted by Crippen LogP contribution is -2.51. The zero-order valence-corrected chi connectivity index (χ0v) is 14.2. The van der Waals surface area contributed by atoms with E-state index in [9.17, 15) is 14.0 Å². The van der Waals surface area contributed by atoms with Crippen molar-refractivity contribution in [2.75, 3.05) is 31.5 Å². The lowest BCUT2D eigenvalue weighted by molar-refractivity contribution is -0.127. The molecule has 25 heavy (non-hydrogen) atoms. The summed E-state index contributed by atoms with van der Waals surface area (Å²) in [7, 11) is 0. The molecule has 2 aromatic rings. The predicted octanol–water partition coefficient (Wildman–Crippen LogP) is 2.67. The summed E-state index contributed by atoms with van der Waals surface area (Å²) in [6, 6.07) is 5.35. The average Bonchev–Trinajstić information content (AvgIpc) is 3.15. The van der Waals surface area contributed by atoms with Crippen molar-refractivity contribution >= 4 is 35.0 Å². The van der Waals surface area contributed by atoms with Crippen LogP contribution in [0, 0.1) is 5.82 Å². The molecule has 1 N–H and O–H groups in total. The number of rotatable bonds is 3. The Morgan fingerprint density at radius 3 is 2.44 bits per heavy atom. The van der Waals surface area contributed by atoms with Gasteiger partial charge in [-0.2, -0.15) is 0 Å². The fourth-order valence-corrected chi connectivity index (χ4v) is 2.96. The maximum atomic E-state index is 12.9. The van der Waals surface area contributed by atoms with Crippen LogP contribution >= 0.6 is 11.3 Å². The molecule has 1 aliphatic rings. The summed E-state index contributed by atoms with van der Waals surface area (Å²) in [6.45, 7) is 1.84. The minimum Gasteiger partial charge on any atom is -0.336 e. The van der Waals surface area contributed by atoms with Gasteiger partial charge in [-0.1, -0.05) is 0 Å². The van der Waals surface area contributed by atoms with Crippen LogP contribution in [0.1, 0.15) is 5.01 Å². The summed E-state index contributed by atoms with van der Waals surface area (Å²) in [5.41, 5.74) is 0.538. The van der Waals surface area contributed by atoms with Crippen LogP contribution in [0.4, 0.5) is 14.9 Å². The second-order valence-electron chi connectivity index (χ2n) is 5.45. The summed E-state index contributed by atoms with van der Waals surface area (Å²) in [6.07, 6.45) is 4.89. The number of hydrogen-bond donors (Lipinski definition) is 1. The Hall–Kier alpha value is -2.74. The van der Waals surface area contributed by atoms with E-state index >= 15 is 0 Å². The Balaban J connectivity index is 1.48. The standard InChI is InChI=1S/C17H17FN4O2S/c18-13-1-3-14(4-2-13)20-17(24)22-10-8-21(9-11-22)16(23)6-5-15-19-7-12-25-15/h1-7,12H,8-11H2,(H,20,24)/b6-5+. The zero-order chi connectivity index (χ0) is 17.6. The number of nitrogens with zero attached hydrogens (tertiary/aromatic N) is 3. The van der Waals surface area contributed by atoms with Gasteiger partial charge >= 0.3 is 6.03 Å². The van der Waals surface area contributed by atoms with Crippen molar-refractivity contribution < 1.29 is 14.0 Å². The molecule has 1 saturated heterocycles. The number of halogens is 1. The van der Waals surface area contributed by atoms with Crippen molar-refractivity contribution in [1.29, 1.82) is 0 Å². The number of piperazine rings is 1. The predicted molar refractivity (Wildman–Crippen MR) is 94.7 cm³/mol. The van der Waals surface area contributed by atoms with E-state index in [0.29, 0.717) is 31.9 Å². The van der Waals surface area contributed by atoms with Crippen LogP contribution < -0.4 is 5.32 Å². The number of carbonyl (C=O) groups is 2. The number of hydrogen-bond acceptors (Lipinski definition) is 4. The highest BCUT2D eigenvalue weighted by Gasteiger charge is 2.23. The summed E-state index contributed by atoms with van der Waals surface area (Å²) in [5, 5.41) is 5.36. The Bertz CT molecular complexity index is 753. The molecule has 0 spiro atoms. The molecule has 0 unspecified atom stereocenters. The van der Waals surface area contributed by atoms with Crippen LogP contribution in [-0.4, -0.2) is 52.9 Å². The number of benzene rings is 1. The molecule has 1 fully saturated rings. The van der Waals surface area contributed by atoms with Gasteiger partial charge in [-0.25, -0.2) is 14.2 Å². The van der Waals surface area contributed by atoms with Gasteiger partial charge in [0.25, 0.3) is 0 Å². The molecule has 2 heterocycles. The van der Waals surface area contributed by atoms with Gasteiger partial charge in [0.2, 0.25) is 5.91 Å². The highest BCUT2D eigenvalue weighted by molar-refractivity contribution is 7.10. The van der Waals surface area contributed by atoms with Gasteiger partial charge in [0.05, 0.1) is 0 Å². The van der Waals surface area contributed by atoms with E-state index in [1.807, 2.05) is 5.38 Å². The summed E-state index contributed by atoms with van der Waals surface area (Å²) >= 11 is 1.46. The van der Waals surface area contributed by atoms with Crippen molar-refractivity contribution in [3.63, 3.8) is 0 Å². The van der Waals surface area contributed by atoms with E-state index in [0.717, 1.165) is 5.01 Å². The molecular formula is C17H17FN4O2S. The van der Waals surface area contributed by atoms with E-state index in [4.69, 9.17) is 0 Å². The summed E-state index contributed by atoms with van der Waals surface area (Å²) in [4.78, 5) is 31.8. The average molecular weight is 360 g/mol. The van der Waals surface area contributed by atoms with Gasteiger partial charge in [-0.05, 0) is 30.3 Å². The molecule has 130 valence electrons. The third-order valence-electron chi connectivity index (χ3n) is 3.79. The molecule has 0 bridgehead atoms. The quantitative estimate of drug-likeness (QED) is 0.856. The van der Waals surface area contributed by atoms with E-state index in [1.165, 1.54) is 41.7 Å². The lowest BCUT2D eigenvalue weighted by atomic mass is 10.3. The molecule has 0 aliphatic carbocycles. The highest BCUT2D eigenvalue weighted by Crippen LogP contribution is 2.11. The van der Waals surface area contributed by atoms with Crippen molar-refractivity contribution in [2.24, 2.45) is 0 Å². The van der Waals surface area contributed by atoms with Gasteiger partial charge in [0, 0.05) is 49.5 Å². The van der Waals surface area contributed by atoms with Crippen molar-refractivity contribution in [2.45, 2.75) is 0 Å². The van der Waals surface area contributed by atoms with Gasteiger partial charge in [-0.15, -0.1) is 11.3 Å². The van der Waals surface area contributed by atoms with Crippen LogP contribution in [0.5, 0.6) is 0 Å². The number of amides is 3. The molecule has 1 aromatic heterocycles. The van der Waals surface area contributed by atoms with Crippen LogP contribution in [-0.2, 0) is 4.79 Å². The monoisotopic (exact) mass is 360 g/mol. The van der Waals surface area contributed by atoms with Crippen LogP contribution in [0.3, 0.4) is 0 Å². The largest absolute Gasteiger partial charge is 0.336 e. The second-order valence-corrected chi connectivity index (χ2v) is 6.38. The minimum atomic E-state index is -0.351. The molecule has 0 atom stereocenters. The van der Waals surface area contributed by atoms with Gasteiger partial charge < -0.3 is 15.1 Å². The van der Waals surface area contributed by atoms with Crippen LogP contribution in [0.2, 0.25) is 0 Å². The van der Waals surface area contributed by atoms with E-state index in [1.54, 1.807) is 22.1 Å². The van der Waals surface area contributed by atoms with Crippen molar-refractivity contribution in [1.82, 2.24) is 14.8 Å². The first-order valence-corrected chi connectivity index (χ1v) is 8.68. The lowest BCUT2D eigenvalue weighted by Gasteiger charge is -2.34. The fraction of sp³-hybridized carbons (Fsp3) is 0.235. The first-order valence-electron chi connectivity index (χ1n) is 7.80. The number of carbonyl (C=O) groups excluding carboxylic acids is 2. The van der Waals surface area contributed by atoms with Crippen molar-refractivity contribution in [3.05, 3.63) is 52.7 Å². The van der Waals surface area contributed by atoms with Gasteiger partial charge in [-0.3, -0.25) is 4.79 Å². The smallest absolute Gasteiger partial charge is 0.321 e. The van der Waals surface area contributed by atoms with E-state index in [-0.39, 0.29) is 17.8 Å². The van der Waals surface area contributed by atoms with Crippen molar-refractivity contribution in [3.8, 4) is 0 Å². The Labute approximate surface area is 148 Å². The number of aromatic nitrogens is 1. The molecule has 0 radical (unpaired) electrons. The Morgan fingerprint density at radius 1 is 1.12 bits per heavy atom. The maximum Gasteiger partial charge on any atom is 0.321 e. The first-order chi connectivity index (χ1) is 12.1. The molecule has 8 heteroatoms. The SMILES string of the molecule is O=C(/C=C/c1nccs1)N1CCN(C(=O)Nc2ccc(F)cc2)CC1. The molecule has 3 amide bonds. The molecular weight excluding hydrogens is 343 g/mol. The first kappa shape index (κ1) is 17.1. The van der Waals surface area contributed by atoms with E-state index in [2.05, 4.69) is 10.3 Å². The minimum absolute atomic E-state index is 0.0891. The molecule has 6 nitrogen and oxygen atoms in total. The van der Waals surface area contributed by atoms with Crippen LogP contribution in [0.25, 0.3) is 6.08 Å². The van der Waals surface area contributed by atoms with Crippen LogP contribution in [0.15, 0.2) is 41.9 Å². The summed E-state index contributed by atoms with van der Waals surface area (Å²) in [5.74, 6) is -0.440. The van der Waals surface area contributed by atoms with Gasteiger partial charge in [0.1, 0.15) is 10.8 Å². The molecule has 1 aromatic carbocycles. The fourth-order valence-electron chi connectivity index (χ4n) is 2.43. The summed E-state index contributed by atoms with van der Waals surface area (Å²) < 4.78 is 12.9. The maximum absolute atomic E-state index is 12.9. The topological polar surface area (TPSA) is 65.5 Å². The van der Waals surface area contributed by atoms with Gasteiger partial charge in [0.15, 0.2) is 0 Å². The Kier molecular flexibility index (Phi) is 5.39. The Morgan fingerprint density at radius 2 is 1.80 bits per heavy atom. The third-order valence-corrected chi connectivity index (χ3v) is 4.53.